The maximum absolute atomic E-state index is 12.0. The van der Waals surface area contributed by atoms with Crippen LogP contribution in [0.3, 0.4) is 0 Å². The molecule has 1 N–H and O–H groups in total. The summed E-state index contributed by atoms with van der Waals surface area (Å²) in [5, 5.41) is 12.1. The van der Waals surface area contributed by atoms with Gasteiger partial charge in [0.05, 0.1) is 6.04 Å². The second-order valence-electron chi connectivity index (χ2n) is 5.02. The number of hydroxylamine groups is 1. The van der Waals surface area contributed by atoms with Crippen LogP contribution in [0.15, 0.2) is 64.2 Å². The highest BCUT2D eigenvalue weighted by atomic mass is 79.9. The van der Waals surface area contributed by atoms with Crippen LogP contribution in [0.2, 0.25) is 0 Å². The Kier molecular flexibility index (Phi) is 4.01. The molecule has 0 aromatic heterocycles. The van der Waals surface area contributed by atoms with E-state index in [1.807, 2.05) is 61.7 Å². The first-order valence-corrected chi connectivity index (χ1v) is 7.58. The van der Waals surface area contributed by atoms with Crippen molar-refractivity contribution in [1.82, 2.24) is 0 Å². The summed E-state index contributed by atoms with van der Waals surface area (Å²) >= 11 is 3.46. The number of halogens is 1. The number of hydrogen-bond acceptors (Lipinski definition) is 2. The number of benzene rings is 2. The van der Waals surface area contributed by atoms with Crippen molar-refractivity contribution in [3.05, 3.63) is 75.5 Å². The maximum Gasteiger partial charge on any atom is 0.143 e. The van der Waals surface area contributed by atoms with E-state index in [1.54, 1.807) is 6.20 Å². The third-order valence-corrected chi connectivity index (χ3v) is 4.03. The zero-order valence-electron chi connectivity index (χ0n) is 11.6. The predicted molar refractivity (Wildman–Crippen MR) is 89.6 cm³/mol. The van der Waals surface area contributed by atoms with Crippen LogP contribution in [0, 0.1) is 5.21 Å². The molecule has 106 valence electrons. The van der Waals surface area contributed by atoms with E-state index in [0.29, 0.717) is 0 Å². The van der Waals surface area contributed by atoms with Crippen molar-refractivity contribution < 1.29 is 5.06 Å². The Morgan fingerprint density at radius 3 is 2.71 bits per heavy atom. The Morgan fingerprint density at radius 1 is 1.19 bits per heavy atom. The van der Waals surface area contributed by atoms with Gasteiger partial charge in [-0.1, -0.05) is 46.3 Å². The SMILES string of the molecule is CC(/N=C\c1ccccc1)C1=C[NH+]([O-])c2ccc(Br)cc21. The van der Waals surface area contributed by atoms with Gasteiger partial charge in [0.15, 0.2) is 0 Å². The average molecular weight is 343 g/mol. The molecule has 0 bridgehead atoms. The van der Waals surface area contributed by atoms with Crippen molar-refractivity contribution in [1.29, 1.82) is 0 Å². The van der Waals surface area contributed by atoms with E-state index in [0.717, 1.165) is 26.9 Å². The van der Waals surface area contributed by atoms with E-state index in [4.69, 9.17) is 0 Å². The van der Waals surface area contributed by atoms with Crippen molar-refractivity contribution in [3.8, 4) is 0 Å². The zero-order chi connectivity index (χ0) is 14.8. The van der Waals surface area contributed by atoms with Crippen molar-refractivity contribution >= 4 is 33.4 Å². The summed E-state index contributed by atoms with van der Waals surface area (Å²) in [6.45, 7) is 2.01. The lowest BCUT2D eigenvalue weighted by atomic mass is 10.0. The van der Waals surface area contributed by atoms with Gasteiger partial charge in [-0.15, -0.1) is 0 Å². The number of nitrogens with one attached hydrogen (secondary N) is 1. The Labute approximate surface area is 132 Å². The molecule has 2 unspecified atom stereocenters. The van der Waals surface area contributed by atoms with E-state index in [9.17, 15) is 5.21 Å². The molecule has 0 saturated carbocycles. The Bertz CT molecular complexity index is 710. The summed E-state index contributed by atoms with van der Waals surface area (Å²) in [4.78, 5) is 4.58. The first-order chi connectivity index (χ1) is 10.1. The molecular weight excluding hydrogens is 328 g/mol. The quantitative estimate of drug-likeness (QED) is 0.674. The standard InChI is InChI=1S/C17H15BrN2O/c1-12(19-10-13-5-3-2-4-6-13)16-11-20(21)17-8-7-14(18)9-15(16)17/h2-12,20H,1H3/b19-10-. The van der Waals surface area contributed by atoms with Crippen LogP contribution in [0.4, 0.5) is 5.69 Å². The van der Waals surface area contributed by atoms with E-state index >= 15 is 0 Å². The molecule has 2 atom stereocenters. The highest BCUT2D eigenvalue weighted by Gasteiger charge is 2.25. The molecule has 0 fully saturated rings. The van der Waals surface area contributed by atoms with Crippen LogP contribution in [0.5, 0.6) is 0 Å². The lowest BCUT2D eigenvalue weighted by molar-refractivity contribution is -0.710. The monoisotopic (exact) mass is 342 g/mol. The molecule has 0 aliphatic carbocycles. The zero-order valence-corrected chi connectivity index (χ0v) is 13.2. The van der Waals surface area contributed by atoms with E-state index in [1.165, 1.54) is 0 Å². The van der Waals surface area contributed by atoms with Crippen LogP contribution in [0.1, 0.15) is 18.1 Å². The molecule has 21 heavy (non-hydrogen) atoms. The topological polar surface area (TPSA) is 39.9 Å². The molecule has 0 saturated heterocycles. The lowest BCUT2D eigenvalue weighted by Gasteiger charge is -2.12. The molecule has 1 aliphatic rings. The average Bonchev–Trinajstić information content (AvgIpc) is 2.82. The number of quaternary nitrogens is 1. The van der Waals surface area contributed by atoms with Crippen LogP contribution in [0.25, 0.3) is 5.57 Å². The first-order valence-electron chi connectivity index (χ1n) is 6.79. The first kappa shape index (κ1) is 14.2. The molecule has 4 heteroatoms. The number of aliphatic imine (C=N–C) groups is 1. The van der Waals surface area contributed by atoms with E-state index < -0.39 is 0 Å². The van der Waals surface area contributed by atoms with Gasteiger partial charge >= 0.3 is 0 Å². The van der Waals surface area contributed by atoms with Crippen molar-refractivity contribution in [2.45, 2.75) is 13.0 Å². The van der Waals surface area contributed by atoms with Crippen LogP contribution < -0.4 is 5.06 Å². The summed E-state index contributed by atoms with van der Waals surface area (Å²) in [7, 11) is 0. The summed E-state index contributed by atoms with van der Waals surface area (Å²) in [6, 6.07) is 15.7. The van der Waals surface area contributed by atoms with E-state index in [2.05, 4.69) is 20.9 Å². The molecule has 2 aromatic rings. The molecule has 0 spiro atoms. The van der Waals surface area contributed by atoms with E-state index in [-0.39, 0.29) is 11.1 Å². The van der Waals surface area contributed by atoms with Crippen molar-refractivity contribution in [2.24, 2.45) is 4.99 Å². The molecule has 3 rings (SSSR count). The number of rotatable bonds is 3. The summed E-state index contributed by atoms with van der Waals surface area (Å²) in [5.74, 6) is 0. The summed E-state index contributed by atoms with van der Waals surface area (Å²) in [6.07, 6.45) is 3.55. The van der Waals surface area contributed by atoms with Gasteiger partial charge in [-0.05, 0) is 24.6 Å². The molecule has 1 heterocycles. The Balaban J connectivity index is 1.87. The molecule has 0 amide bonds. The summed E-state index contributed by atoms with van der Waals surface area (Å²) < 4.78 is 0.973. The minimum absolute atomic E-state index is 0.0512. The second kappa shape index (κ2) is 5.93. The van der Waals surface area contributed by atoms with Crippen LogP contribution in [-0.2, 0) is 0 Å². The van der Waals surface area contributed by atoms with Gasteiger partial charge in [0, 0.05) is 27.9 Å². The minimum Gasteiger partial charge on any atom is -0.624 e. The summed E-state index contributed by atoms with van der Waals surface area (Å²) in [5.41, 5.74) is 3.77. The number of nitrogens with zero attached hydrogens (tertiary/aromatic N) is 1. The largest absolute Gasteiger partial charge is 0.624 e. The highest BCUT2D eigenvalue weighted by Crippen LogP contribution is 2.31. The van der Waals surface area contributed by atoms with Gasteiger partial charge in [-0.3, -0.25) is 4.99 Å². The molecule has 2 aromatic carbocycles. The fraction of sp³-hybridized carbons (Fsp3) is 0.118. The Hall–Kier alpha value is -1.75. The molecule has 1 aliphatic heterocycles. The molecule has 0 radical (unpaired) electrons. The van der Waals surface area contributed by atoms with Gasteiger partial charge in [-0.2, -0.15) is 0 Å². The van der Waals surface area contributed by atoms with Crippen LogP contribution >= 0.6 is 15.9 Å². The maximum atomic E-state index is 12.0. The van der Waals surface area contributed by atoms with Crippen molar-refractivity contribution in [2.75, 3.05) is 0 Å². The normalized spacial score (nSPS) is 18.6. The smallest absolute Gasteiger partial charge is 0.143 e. The second-order valence-corrected chi connectivity index (χ2v) is 5.93. The third kappa shape index (κ3) is 2.97. The van der Waals surface area contributed by atoms with Gasteiger partial charge in [0.2, 0.25) is 0 Å². The van der Waals surface area contributed by atoms with Gasteiger partial charge < -0.3 is 10.3 Å². The van der Waals surface area contributed by atoms with Gasteiger partial charge in [0.25, 0.3) is 0 Å². The highest BCUT2D eigenvalue weighted by molar-refractivity contribution is 9.10. The van der Waals surface area contributed by atoms with Crippen molar-refractivity contribution in [3.63, 3.8) is 0 Å². The lowest BCUT2D eigenvalue weighted by Crippen LogP contribution is -2.95. The molecule has 3 nitrogen and oxygen atoms in total. The molecular formula is C17H15BrN2O. The number of hydrogen-bond donors (Lipinski definition) is 1. The Morgan fingerprint density at radius 2 is 1.95 bits per heavy atom. The van der Waals surface area contributed by atoms with Gasteiger partial charge in [0.1, 0.15) is 11.9 Å². The predicted octanol–water partition coefficient (Wildman–Crippen LogP) is 3.33. The fourth-order valence-electron chi connectivity index (χ4n) is 2.43. The van der Waals surface area contributed by atoms with Crippen LogP contribution in [-0.4, -0.2) is 12.3 Å². The van der Waals surface area contributed by atoms with Gasteiger partial charge in [-0.25, -0.2) is 0 Å². The minimum atomic E-state index is -0.0512. The number of fused-ring (bicyclic) bond motifs is 1. The fourth-order valence-corrected chi connectivity index (χ4v) is 2.79. The third-order valence-electron chi connectivity index (χ3n) is 3.54.